The van der Waals surface area contributed by atoms with Gasteiger partial charge in [0.2, 0.25) is 0 Å². The van der Waals surface area contributed by atoms with Crippen molar-refractivity contribution in [3.05, 3.63) is 65.0 Å². The van der Waals surface area contributed by atoms with Crippen molar-refractivity contribution in [2.24, 2.45) is 0 Å². The monoisotopic (exact) mass is 307 g/mol. The number of rotatable bonds is 2. The molecule has 0 unspecified atom stereocenters. The maximum atomic E-state index is 13.6. The molecule has 0 saturated carbocycles. The average Bonchev–Trinajstić information content (AvgIpc) is 2.44. The number of hydrogen-bond acceptors (Lipinski definition) is 1. The van der Waals surface area contributed by atoms with Crippen LogP contribution >= 0.6 is 0 Å². The summed E-state index contributed by atoms with van der Waals surface area (Å²) in [6.07, 6.45) is 0. The molecule has 0 aliphatic rings. The van der Waals surface area contributed by atoms with Gasteiger partial charge in [0, 0.05) is 5.69 Å². The number of hydrogen-bond donors (Lipinski definition) is 1. The first kappa shape index (κ1) is 16.1. The maximum absolute atomic E-state index is 13.6. The standard InChI is InChI=1S/C17H16F3NO/c1-17(2,3)10-4-6-11(7-5-10)21-16(22)12-8-9-13(18)15(20)14(12)19/h4-9H,1-3H3,(H,21,22). The van der Waals surface area contributed by atoms with E-state index >= 15 is 0 Å². The van der Waals surface area contributed by atoms with Gasteiger partial charge in [-0.1, -0.05) is 32.9 Å². The highest BCUT2D eigenvalue weighted by atomic mass is 19.2. The molecule has 2 aromatic rings. The van der Waals surface area contributed by atoms with E-state index in [9.17, 15) is 18.0 Å². The van der Waals surface area contributed by atoms with E-state index < -0.39 is 28.9 Å². The topological polar surface area (TPSA) is 29.1 Å². The molecule has 0 aliphatic carbocycles. The average molecular weight is 307 g/mol. The van der Waals surface area contributed by atoms with Crippen LogP contribution in [0, 0.1) is 17.5 Å². The van der Waals surface area contributed by atoms with Crippen molar-refractivity contribution in [2.45, 2.75) is 26.2 Å². The van der Waals surface area contributed by atoms with Crippen LogP contribution in [0.5, 0.6) is 0 Å². The van der Waals surface area contributed by atoms with Crippen molar-refractivity contribution < 1.29 is 18.0 Å². The van der Waals surface area contributed by atoms with Crippen LogP contribution in [0.25, 0.3) is 0 Å². The number of anilines is 1. The minimum Gasteiger partial charge on any atom is -0.322 e. The van der Waals surface area contributed by atoms with Gasteiger partial charge in [-0.2, -0.15) is 0 Å². The Hall–Kier alpha value is -2.30. The van der Waals surface area contributed by atoms with Gasteiger partial charge in [0.1, 0.15) is 0 Å². The zero-order chi connectivity index (χ0) is 16.5. The summed E-state index contributed by atoms with van der Waals surface area (Å²) in [6.45, 7) is 6.16. The number of carbonyl (C=O) groups is 1. The molecule has 0 bridgehead atoms. The predicted molar refractivity (Wildman–Crippen MR) is 79.4 cm³/mol. The SMILES string of the molecule is CC(C)(C)c1ccc(NC(=O)c2ccc(F)c(F)c2F)cc1. The summed E-state index contributed by atoms with van der Waals surface area (Å²) < 4.78 is 39.6. The molecule has 2 rings (SSSR count). The van der Waals surface area contributed by atoms with Gasteiger partial charge in [-0.3, -0.25) is 4.79 Å². The fourth-order valence-electron chi connectivity index (χ4n) is 1.95. The molecule has 0 aromatic heterocycles. The highest BCUT2D eigenvalue weighted by Gasteiger charge is 2.19. The zero-order valence-electron chi connectivity index (χ0n) is 12.5. The Balaban J connectivity index is 2.21. The van der Waals surface area contributed by atoms with Gasteiger partial charge in [0.05, 0.1) is 5.56 Å². The van der Waals surface area contributed by atoms with E-state index in [0.29, 0.717) is 5.69 Å². The highest BCUT2D eigenvalue weighted by molar-refractivity contribution is 6.04. The number of benzene rings is 2. The number of carbonyl (C=O) groups excluding carboxylic acids is 1. The van der Waals surface area contributed by atoms with E-state index in [1.54, 1.807) is 12.1 Å². The molecule has 0 radical (unpaired) electrons. The molecule has 116 valence electrons. The summed E-state index contributed by atoms with van der Waals surface area (Å²) in [5, 5.41) is 2.46. The molecule has 0 heterocycles. The van der Waals surface area contributed by atoms with E-state index in [4.69, 9.17) is 0 Å². The molecule has 0 aliphatic heterocycles. The first-order valence-electron chi connectivity index (χ1n) is 6.75. The molecule has 1 N–H and O–H groups in total. The summed E-state index contributed by atoms with van der Waals surface area (Å²) in [5.41, 5.74) is 0.944. The molecule has 0 fully saturated rings. The van der Waals surface area contributed by atoms with Crippen LogP contribution in [-0.4, -0.2) is 5.91 Å². The lowest BCUT2D eigenvalue weighted by molar-refractivity contribution is 0.102. The maximum Gasteiger partial charge on any atom is 0.258 e. The Bertz CT molecular complexity index is 703. The first-order chi connectivity index (χ1) is 10.2. The first-order valence-corrected chi connectivity index (χ1v) is 6.75. The summed E-state index contributed by atoms with van der Waals surface area (Å²) in [6, 6.07) is 8.67. The van der Waals surface area contributed by atoms with Crippen LogP contribution in [0.1, 0.15) is 36.7 Å². The van der Waals surface area contributed by atoms with Crippen LogP contribution < -0.4 is 5.32 Å². The van der Waals surface area contributed by atoms with Crippen molar-refractivity contribution in [1.82, 2.24) is 0 Å². The van der Waals surface area contributed by atoms with Crippen LogP contribution in [0.4, 0.5) is 18.9 Å². The largest absolute Gasteiger partial charge is 0.322 e. The molecule has 2 aromatic carbocycles. The Morgan fingerprint density at radius 1 is 0.909 bits per heavy atom. The van der Waals surface area contributed by atoms with Gasteiger partial charge in [0.25, 0.3) is 5.91 Å². The number of nitrogens with one attached hydrogen (secondary N) is 1. The molecule has 5 heteroatoms. The van der Waals surface area contributed by atoms with Crippen molar-refractivity contribution in [3.8, 4) is 0 Å². The van der Waals surface area contributed by atoms with Gasteiger partial charge in [0.15, 0.2) is 17.5 Å². The van der Waals surface area contributed by atoms with Crippen molar-refractivity contribution in [2.75, 3.05) is 5.32 Å². The predicted octanol–water partition coefficient (Wildman–Crippen LogP) is 4.65. The Kier molecular flexibility index (Phi) is 4.26. The second kappa shape index (κ2) is 5.83. The molecule has 0 atom stereocenters. The molecular formula is C17H16F3NO. The van der Waals surface area contributed by atoms with E-state index in [2.05, 4.69) is 26.1 Å². The zero-order valence-corrected chi connectivity index (χ0v) is 12.5. The normalized spacial score (nSPS) is 11.4. The third-order valence-electron chi connectivity index (χ3n) is 3.29. The molecule has 0 saturated heterocycles. The van der Waals surface area contributed by atoms with Crippen LogP contribution in [0.3, 0.4) is 0 Å². The summed E-state index contributed by atoms with van der Waals surface area (Å²) in [5.74, 6) is -5.32. The van der Waals surface area contributed by atoms with Crippen molar-refractivity contribution in [1.29, 1.82) is 0 Å². The quantitative estimate of drug-likeness (QED) is 0.804. The molecule has 0 spiro atoms. The van der Waals surface area contributed by atoms with Gasteiger partial charge >= 0.3 is 0 Å². The fourth-order valence-corrected chi connectivity index (χ4v) is 1.95. The van der Waals surface area contributed by atoms with Gasteiger partial charge in [-0.25, -0.2) is 13.2 Å². The van der Waals surface area contributed by atoms with Crippen LogP contribution in [0.2, 0.25) is 0 Å². The third kappa shape index (κ3) is 3.30. The minimum absolute atomic E-state index is 0.0330. The van der Waals surface area contributed by atoms with E-state index in [1.165, 1.54) is 0 Å². The van der Waals surface area contributed by atoms with E-state index in [0.717, 1.165) is 17.7 Å². The van der Waals surface area contributed by atoms with Crippen molar-refractivity contribution in [3.63, 3.8) is 0 Å². The number of amides is 1. The number of halogens is 3. The summed E-state index contributed by atoms with van der Waals surface area (Å²) in [7, 11) is 0. The summed E-state index contributed by atoms with van der Waals surface area (Å²) in [4.78, 5) is 11.9. The fraction of sp³-hybridized carbons (Fsp3) is 0.235. The third-order valence-corrected chi connectivity index (χ3v) is 3.29. The Morgan fingerprint density at radius 3 is 2.05 bits per heavy atom. The smallest absolute Gasteiger partial charge is 0.258 e. The Morgan fingerprint density at radius 2 is 1.50 bits per heavy atom. The second-order valence-electron chi connectivity index (χ2n) is 6.00. The van der Waals surface area contributed by atoms with E-state index in [1.807, 2.05) is 12.1 Å². The molecule has 1 amide bonds. The Labute approximate surface area is 127 Å². The second-order valence-corrected chi connectivity index (χ2v) is 6.00. The lowest BCUT2D eigenvalue weighted by Crippen LogP contribution is -2.16. The molecule has 22 heavy (non-hydrogen) atoms. The molecular weight excluding hydrogens is 291 g/mol. The molecule has 2 nitrogen and oxygen atoms in total. The van der Waals surface area contributed by atoms with Crippen molar-refractivity contribution >= 4 is 11.6 Å². The van der Waals surface area contributed by atoms with E-state index in [-0.39, 0.29) is 5.41 Å². The highest BCUT2D eigenvalue weighted by Crippen LogP contribution is 2.24. The van der Waals surface area contributed by atoms with Crippen LogP contribution in [0.15, 0.2) is 36.4 Å². The minimum atomic E-state index is -1.66. The van der Waals surface area contributed by atoms with Gasteiger partial charge < -0.3 is 5.32 Å². The lowest BCUT2D eigenvalue weighted by atomic mass is 9.87. The lowest BCUT2D eigenvalue weighted by Gasteiger charge is -2.19. The van der Waals surface area contributed by atoms with Crippen LogP contribution in [-0.2, 0) is 5.41 Å². The van der Waals surface area contributed by atoms with Gasteiger partial charge in [-0.05, 0) is 35.2 Å². The van der Waals surface area contributed by atoms with Gasteiger partial charge in [-0.15, -0.1) is 0 Å². The summed E-state index contributed by atoms with van der Waals surface area (Å²) >= 11 is 0.